The van der Waals surface area contributed by atoms with Crippen molar-refractivity contribution in [2.24, 2.45) is 0 Å². The van der Waals surface area contributed by atoms with Crippen LogP contribution >= 0.6 is 23.2 Å². The average Bonchev–Trinajstić information content (AvgIpc) is 2.52. The number of phenols is 1. The summed E-state index contributed by atoms with van der Waals surface area (Å²) in [5.74, 6) is -1.01. The smallest absolute Gasteiger partial charge is 0.273 e. The Labute approximate surface area is 161 Å². The summed E-state index contributed by atoms with van der Waals surface area (Å²) in [7, 11) is 0. The Balaban J connectivity index is 2.38. The normalized spacial score (nSPS) is 11.2. The van der Waals surface area contributed by atoms with Crippen molar-refractivity contribution >= 4 is 35.0 Å². The van der Waals surface area contributed by atoms with Crippen LogP contribution in [0, 0.1) is 6.92 Å². The van der Waals surface area contributed by atoms with Crippen LogP contribution in [-0.2, 0) is 0 Å². The van der Waals surface area contributed by atoms with Crippen LogP contribution in [0.25, 0.3) is 0 Å². The molecule has 0 bridgehead atoms. The Kier molecular flexibility index (Phi) is 5.78. The molecule has 0 aliphatic rings. The predicted molar refractivity (Wildman–Crippen MR) is 100 cm³/mol. The average molecular weight is 396 g/mol. The molecule has 26 heavy (non-hydrogen) atoms. The van der Waals surface area contributed by atoms with E-state index in [1.54, 1.807) is 39.8 Å². The molecule has 0 aliphatic carbocycles. The minimum absolute atomic E-state index is 0.000942. The molecule has 0 fully saturated rings. The molecular formula is C18H19Cl2N3O3. The molecule has 1 aromatic heterocycles. The summed E-state index contributed by atoms with van der Waals surface area (Å²) in [5, 5.41) is 11.1. The number of pyridine rings is 1. The quantitative estimate of drug-likeness (QED) is 0.594. The number of aromatic nitrogens is 1. The topological polar surface area (TPSA) is 82.5 Å². The largest absolute Gasteiger partial charge is 0.508 e. The first kappa shape index (κ1) is 20.0. The molecule has 0 unspecified atom stereocenters. The van der Waals surface area contributed by atoms with E-state index in [-0.39, 0.29) is 27.2 Å². The van der Waals surface area contributed by atoms with E-state index in [1.165, 1.54) is 23.2 Å². The van der Waals surface area contributed by atoms with Crippen molar-refractivity contribution in [2.75, 3.05) is 0 Å². The van der Waals surface area contributed by atoms with Gasteiger partial charge in [-0.15, -0.1) is 0 Å². The lowest BCUT2D eigenvalue weighted by Crippen LogP contribution is -2.56. The maximum atomic E-state index is 12.9. The van der Waals surface area contributed by atoms with E-state index < -0.39 is 17.4 Å². The van der Waals surface area contributed by atoms with Crippen molar-refractivity contribution in [1.29, 1.82) is 0 Å². The van der Waals surface area contributed by atoms with Gasteiger partial charge < -0.3 is 5.11 Å². The number of nitrogens with one attached hydrogen (secondary N) is 1. The third kappa shape index (κ3) is 4.45. The molecule has 0 spiro atoms. The Morgan fingerprint density at radius 1 is 1.15 bits per heavy atom. The van der Waals surface area contributed by atoms with Crippen LogP contribution in [0.2, 0.25) is 10.3 Å². The van der Waals surface area contributed by atoms with Gasteiger partial charge in [0.05, 0.1) is 5.54 Å². The van der Waals surface area contributed by atoms with Crippen LogP contribution in [0.4, 0.5) is 0 Å². The van der Waals surface area contributed by atoms with Crippen LogP contribution in [0.1, 0.15) is 47.1 Å². The van der Waals surface area contributed by atoms with Crippen LogP contribution in [0.5, 0.6) is 5.75 Å². The molecule has 0 saturated heterocycles. The molecule has 0 radical (unpaired) electrons. The van der Waals surface area contributed by atoms with Crippen LogP contribution < -0.4 is 5.43 Å². The lowest BCUT2D eigenvalue weighted by molar-refractivity contribution is 0.0358. The summed E-state index contributed by atoms with van der Waals surface area (Å²) in [6.45, 7) is 6.93. The van der Waals surface area contributed by atoms with E-state index in [9.17, 15) is 14.7 Å². The molecule has 6 nitrogen and oxygen atoms in total. The number of aromatic hydroxyl groups is 1. The Morgan fingerprint density at radius 3 is 2.27 bits per heavy atom. The molecule has 1 heterocycles. The summed E-state index contributed by atoms with van der Waals surface area (Å²) >= 11 is 11.7. The fraction of sp³-hybridized carbons (Fsp3) is 0.278. The molecule has 2 amide bonds. The number of hydrogen-bond acceptors (Lipinski definition) is 4. The van der Waals surface area contributed by atoms with Crippen molar-refractivity contribution in [1.82, 2.24) is 15.4 Å². The van der Waals surface area contributed by atoms with E-state index in [0.717, 1.165) is 0 Å². The Bertz CT molecular complexity index is 843. The maximum Gasteiger partial charge on any atom is 0.273 e. The summed E-state index contributed by atoms with van der Waals surface area (Å²) in [4.78, 5) is 29.4. The summed E-state index contributed by atoms with van der Waals surface area (Å²) in [6.07, 6.45) is 0. The number of carbonyl (C=O) groups is 2. The van der Waals surface area contributed by atoms with Gasteiger partial charge in [0.2, 0.25) is 0 Å². The molecular weight excluding hydrogens is 377 g/mol. The lowest BCUT2D eigenvalue weighted by atomic mass is 10.1. The Hall–Kier alpha value is -2.31. The summed E-state index contributed by atoms with van der Waals surface area (Å²) in [5.41, 5.74) is 2.74. The number of nitrogens with zero attached hydrogens (tertiary/aromatic N) is 2. The van der Waals surface area contributed by atoms with Crippen molar-refractivity contribution in [2.45, 2.75) is 33.2 Å². The number of hydrazine groups is 1. The van der Waals surface area contributed by atoms with E-state index >= 15 is 0 Å². The Morgan fingerprint density at radius 2 is 1.73 bits per heavy atom. The highest BCUT2D eigenvalue weighted by Gasteiger charge is 2.30. The monoisotopic (exact) mass is 395 g/mol. The standard InChI is InChI=1S/C18H19Cl2N3O3/c1-10-12(6-5-7-13(10)24)16(25)22-23(18(2,3)4)17(26)11-8-14(19)21-15(20)9-11/h5-9,24H,1-4H3,(H,22,25). The molecule has 2 rings (SSSR count). The van der Waals surface area contributed by atoms with Gasteiger partial charge in [-0.25, -0.2) is 9.99 Å². The highest BCUT2D eigenvalue weighted by molar-refractivity contribution is 6.33. The molecule has 0 saturated carbocycles. The predicted octanol–water partition coefficient (Wildman–Crippen LogP) is 3.99. The number of carbonyl (C=O) groups excluding carboxylic acids is 2. The molecule has 2 aromatic rings. The fourth-order valence-electron chi connectivity index (χ4n) is 2.27. The second-order valence-corrected chi connectivity index (χ2v) is 7.48. The number of hydrogen-bond donors (Lipinski definition) is 2. The minimum Gasteiger partial charge on any atom is -0.508 e. The first-order valence-electron chi connectivity index (χ1n) is 7.78. The van der Waals surface area contributed by atoms with Gasteiger partial charge in [-0.3, -0.25) is 15.0 Å². The third-order valence-electron chi connectivity index (χ3n) is 3.65. The molecule has 0 aliphatic heterocycles. The zero-order valence-corrected chi connectivity index (χ0v) is 16.3. The summed E-state index contributed by atoms with van der Waals surface area (Å²) < 4.78 is 0. The number of halogens is 2. The maximum absolute atomic E-state index is 12.9. The highest BCUT2D eigenvalue weighted by atomic mass is 35.5. The van der Waals surface area contributed by atoms with Gasteiger partial charge in [-0.1, -0.05) is 29.3 Å². The molecule has 8 heteroatoms. The third-order valence-corrected chi connectivity index (χ3v) is 4.03. The number of amides is 2. The van der Waals surface area contributed by atoms with Crippen molar-refractivity contribution in [3.8, 4) is 5.75 Å². The molecule has 1 aromatic carbocycles. The van der Waals surface area contributed by atoms with Gasteiger partial charge >= 0.3 is 0 Å². The van der Waals surface area contributed by atoms with Crippen molar-refractivity contribution in [3.05, 3.63) is 57.3 Å². The van der Waals surface area contributed by atoms with Gasteiger partial charge in [0.15, 0.2) is 0 Å². The van der Waals surface area contributed by atoms with E-state index in [1.807, 2.05) is 0 Å². The van der Waals surface area contributed by atoms with Crippen molar-refractivity contribution < 1.29 is 14.7 Å². The first-order chi connectivity index (χ1) is 12.0. The summed E-state index contributed by atoms with van der Waals surface area (Å²) in [6, 6.07) is 7.36. The van der Waals surface area contributed by atoms with Gasteiger partial charge in [0.25, 0.3) is 11.8 Å². The number of benzene rings is 1. The fourth-order valence-corrected chi connectivity index (χ4v) is 2.73. The van der Waals surface area contributed by atoms with Gasteiger partial charge in [0.1, 0.15) is 16.1 Å². The van der Waals surface area contributed by atoms with Crippen LogP contribution in [0.15, 0.2) is 30.3 Å². The molecule has 138 valence electrons. The van der Waals surface area contributed by atoms with Gasteiger partial charge in [-0.05, 0) is 52.0 Å². The van der Waals surface area contributed by atoms with E-state index in [2.05, 4.69) is 10.4 Å². The molecule has 2 N–H and O–H groups in total. The minimum atomic E-state index is -0.736. The van der Waals surface area contributed by atoms with Gasteiger partial charge in [0, 0.05) is 16.7 Å². The number of phenolic OH excluding ortho intramolecular Hbond substituents is 1. The second-order valence-electron chi connectivity index (χ2n) is 6.70. The second kappa shape index (κ2) is 7.51. The first-order valence-corrected chi connectivity index (χ1v) is 8.53. The molecule has 0 atom stereocenters. The number of rotatable bonds is 2. The van der Waals surface area contributed by atoms with Crippen LogP contribution in [-0.4, -0.2) is 32.5 Å². The zero-order chi connectivity index (χ0) is 19.6. The highest BCUT2D eigenvalue weighted by Crippen LogP contribution is 2.22. The zero-order valence-electron chi connectivity index (χ0n) is 14.8. The van der Waals surface area contributed by atoms with Gasteiger partial charge in [-0.2, -0.15) is 0 Å². The van der Waals surface area contributed by atoms with Crippen LogP contribution in [0.3, 0.4) is 0 Å². The lowest BCUT2D eigenvalue weighted by Gasteiger charge is -2.35. The van der Waals surface area contributed by atoms with E-state index in [4.69, 9.17) is 23.2 Å². The van der Waals surface area contributed by atoms with Crippen molar-refractivity contribution in [3.63, 3.8) is 0 Å². The SMILES string of the molecule is Cc1c(O)cccc1C(=O)NN(C(=O)c1cc(Cl)nc(Cl)c1)C(C)(C)C. The van der Waals surface area contributed by atoms with E-state index in [0.29, 0.717) is 5.56 Å².